The third-order valence-electron chi connectivity index (χ3n) is 1.42. The molecule has 0 saturated carbocycles. The summed E-state index contributed by atoms with van der Waals surface area (Å²) < 4.78 is 5.05. The maximum atomic E-state index is 9.32. The number of hydrogen-bond acceptors (Lipinski definition) is 3. The average Bonchev–Trinajstić information content (AvgIpc) is 2.17. The topological polar surface area (TPSA) is 29.5 Å². The van der Waals surface area contributed by atoms with Gasteiger partial charge < -0.3 is 9.42 Å². The second kappa shape index (κ2) is 6.39. The van der Waals surface area contributed by atoms with E-state index in [0.29, 0.717) is 6.61 Å². The summed E-state index contributed by atoms with van der Waals surface area (Å²) in [6.45, 7) is 2.46. The van der Waals surface area contributed by atoms with Crippen molar-refractivity contribution in [2.75, 3.05) is 6.61 Å². The molecule has 13 heavy (non-hydrogen) atoms. The van der Waals surface area contributed by atoms with Crippen molar-refractivity contribution in [1.82, 2.24) is 0 Å². The molecule has 0 radical (unpaired) electrons. The van der Waals surface area contributed by atoms with Crippen LogP contribution in [-0.2, 0) is 10.3 Å². The molecular weight excluding hydrogens is 203 g/mol. The van der Waals surface area contributed by atoms with Gasteiger partial charge in [-0.3, -0.25) is 0 Å². The molecule has 0 amide bonds. The summed E-state index contributed by atoms with van der Waals surface area (Å²) >= 11 is 1.45. The lowest BCUT2D eigenvalue weighted by Gasteiger charge is -2.07. The highest BCUT2D eigenvalue weighted by Gasteiger charge is 2.04. The molecule has 0 saturated heterocycles. The van der Waals surface area contributed by atoms with Crippen LogP contribution in [0.15, 0.2) is 30.3 Å². The van der Waals surface area contributed by atoms with Crippen LogP contribution in [0.2, 0.25) is 0 Å². The molecule has 0 aromatic heterocycles. The lowest BCUT2D eigenvalue weighted by Crippen LogP contribution is -1.81. The van der Waals surface area contributed by atoms with Crippen LogP contribution in [0.3, 0.4) is 0 Å². The second-order valence-corrected chi connectivity index (χ2v) is 5.41. The monoisotopic (exact) mass is 216 g/mol. The van der Waals surface area contributed by atoms with E-state index < -0.39 is 7.58 Å². The molecule has 0 aliphatic carbocycles. The zero-order chi connectivity index (χ0) is 9.52. The van der Waals surface area contributed by atoms with Crippen LogP contribution in [0, 0.1) is 0 Å². The van der Waals surface area contributed by atoms with E-state index in [2.05, 4.69) is 0 Å². The van der Waals surface area contributed by atoms with E-state index in [1.807, 2.05) is 37.3 Å². The van der Waals surface area contributed by atoms with E-state index in [4.69, 9.17) is 4.52 Å². The first-order valence-electron chi connectivity index (χ1n) is 4.11. The van der Waals surface area contributed by atoms with Crippen molar-refractivity contribution in [1.29, 1.82) is 0 Å². The lowest BCUT2D eigenvalue weighted by molar-refractivity contribution is 0.343. The van der Waals surface area contributed by atoms with Gasteiger partial charge in [-0.05, 0) is 12.5 Å². The van der Waals surface area contributed by atoms with Gasteiger partial charge >= 0.3 is 0 Å². The Morgan fingerprint density at radius 1 is 1.38 bits per heavy atom. The predicted molar refractivity (Wildman–Crippen MR) is 58.5 cm³/mol. The van der Waals surface area contributed by atoms with Crippen LogP contribution in [0.5, 0.6) is 0 Å². The Morgan fingerprint density at radius 2 is 2.08 bits per heavy atom. The van der Waals surface area contributed by atoms with Crippen molar-refractivity contribution in [3.63, 3.8) is 0 Å². The maximum Gasteiger partial charge on any atom is 0.235 e. The van der Waals surface area contributed by atoms with Gasteiger partial charge in [-0.25, -0.2) is 0 Å². The quantitative estimate of drug-likeness (QED) is 0.766. The molecule has 1 aromatic carbocycles. The van der Waals surface area contributed by atoms with Crippen LogP contribution in [0.4, 0.5) is 0 Å². The molecule has 1 aromatic rings. The number of rotatable bonds is 5. The van der Waals surface area contributed by atoms with E-state index in [0.717, 1.165) is 5.75 Å². The van der Waals surface area contributed by atoms with Gasteiger partial charge in [-0.1, -0.05) is 41.7 Å². The Bertz CT molecular complexity index is 230. The van der Waals surface area contributed by atoms with Gasteiger partial charge in [0.1, 0.15) is 0 Å². The van der Waals surface area contributed by atoms with Crippen LogP contribution in [0.1, 0.15) is 12.5 Å². The Balaban J connectivity index is 2.27. The van der Waals surface area contributed by atoms with Crippen molar-refractivity contribution in [2.24, 2.45) is 0 Å². The molecule has 1 unspecified atom stereocenters. The zero-order valence-corrected chi connectivity index (χ0v) is 9.22. The predicted octanol–water partition coefficient (Wildman–Crippen LogP) is 3.18. The van der Waals surface area contributed by atoms with Gasteiger partial charge in [-0.2, -0.15) is 0 Å². The average molecular weight is 216 g/mol. The standard InChI is InChI=1S/C9H13O2PS/c1-2-11-12(10)13-8-9-6-4-3-5-7-9/h3-7,10H,2,8H2,1H3. The minimum absolute atomic E-state index is 0.573. The van der Waals surface area contributed by atoms with Crippen LogP contribution >= 0.6 is 19.0 Å². The first kappa shape index (κ1) is 11.0. The van der Waals surface area contributed by atoms with Gasteiger partial charge in [0.2, 0.25) is 7.58 Å². The summed E-state index contributed by atoms with van der Waals surface area (Å²) in [4.78, 5) is 9.32. The number of hydrogen-bond donors (Lipinski definition) is 1. The van der Waals surface area contributed by atoms with Gasteiger partial charge in [0, 0.05) is 5.75 Å². The molecule has 0 aliphatic rings. The lowest BCUT2D eigenvalue weighted by atomic mass is 10.2. The summed E-state index contributed by atoms with van der Waals surface area (Å²) in [5.41, 5.74) is 1.22. The Hall–Kier alpha value is -0.0800. The maximum absolute atomic E-state index is 9.32. The van der Waals surface area contributed by atoms with Gasteiger partial charge in [0.05, 0.1) is 6.61 Å². The summed E-state index contributed by atoms with van der Waals surface area (Å²) in [5, 5.41) is 0. The number of benzene rings is 1. The highest BCUT2D eigenvalue weighted by molar-refractivity contribution is 8.52. The Morgan fingerprint density at radius 3 is 2.69 bits per heavy atom. The molecule has 1 N–H and O–H groups in total. The van der Waals surface area contributed by atoms with Crippen LogP contribution in [-0.4, -0.2) is 11.5 Å². The largest absolute Gasteiger partial charge is 0.342 e. The molecule has 72 valence electrons. The summed E-state index contributed by atoms with van der Waals surface area (Å²) in [5.74, 6) is 0.809. The molecule has 0 aliphatic heterocycles. The fraction of sp³-hybridized carbons (Fsp3) is 0.333. The second-order valence-electron chi connectivity index (χ2n) is 2.41. The molecular formula is C9H13O2PS. The van der Waals surface area contributed by atoms with E-state index >= 15 is 0 Å². The first-order chi connectivity index (χ1) is 6.33. The highest BCUT2D eigenvalue weighted by atomic mass is 32.7. The minimum atomic E-state index is -1.29. The van der Waals surface area contributed by atoms with Crippen molar-refractivity contribution in [2.45, 2.75) is 12.7 Å². The molecule has 2 nitrogen and oxygen atoms in total. The molecule has 1 atom stereocenters. The smallest absolute Gasteiger partial charge is 0.235 e. The van der Waals surface area contributed by atoms with Crippen LogP contribution in [0.25, 0.3) is 0 Å². The zero-order valence-electron chi connectivity index (χ0n) is 7.51. The molecule has 0 spiro atoms. The minimum Gasteiger partial charge on any atom is -0.342 e. The summed E-state index contributed by atoms with van der Waals surface area (Å²) in [7, 11) is -1.29. The van der Waals surface area contributed by atoms with Crippen molar-refractivity contribution >= 4 is 19.0 Å². The van der Waals surface area contributed by atoms with E-state index in [1.165, 1.54) is 16.9 Å². The fourth-order valence-electron chi connectivity index (χ4n) is 0.852. The van der Waals surface area contributed by atoms with E-state index in [9.17, 15) is 4.89 Å². The van der Waals surface area contributed by atoms with E-state index in [1.54, 1.807) is 0 Å². The van der Waals surface area contributed by atoms with Gasteiger partial charge in [0.25, 0.3) is 0 Å². The molecule has 1 rings (SSSR count). The third kappa shape index (κ3) is 4.63. The summed E-state index contributed by atoms with van der Waals surface area (Å²) in [6.07, 6.45) is 0. The first-order valence-corrected chi connectivity index (χ1v) is 6.92. The van der Waals surface area contributed by atoms with Gasteiger partial charge in [0.15, 0.2) is 0 Å². The Labute approximate surface area is 84.0 Å². The van der Waals surface area contributed by atoms with Gasteiger partial charge in [-0.15, -0.1) is 0 Å². The van der Waals surface area contributed by atoms with E-state index in [-0.39, 0.29) is 0 Å². The Kier molecular flexibility index (Phi) is 5.40. The fourth-order valence-corrected chi connectivity index (χ4v) is 2.92. The SMILES string of the molecule is CCOP(O)SCc1ccccc1. The van der Waals surface area contributed by atoms with Crippen LogP contribution < -0.4 is 0 Å². The van der Waals surface area contributed by atoms with Crippen molar-refractivity contribution in [3.05, 3.63) is 35.9 Å². The summed E-state index contributed by atoms with van der Waals surface area (Å²) in [6, 6.07) is 10.1. The van der Waals surface area contributed by atoms with Crippen molar-refractivity contribution < 1.29 is 9.42 Å². The molecule has 0 bridgehead atoms. The highest BCUT2D eigenvalue weighted by Crippen LogP contribution is 2.47. The normalized spacial score (nSPS) is 12.8. The molecule has 4 heteroatoms. The van der Waals surface area contributed by atoms with Crippen molar-refractivity contribution in [3.8, 4) is 0 Å². The molecule has 0 fully saturated rings. The molecule has 0 heterocycles. The third-order valence-corrected chi connectivity index (χ3v) is 3.95.